The van der Waals surface area contributed by atoms with E-state index in [1.807, 2.05) is 0 Å². The molecular formula is C22H24N2O6S. The van der Waals surface area contributed by atoms with Gasteiger partial charge in [-0.2, -0.15) is 5.26 Å². The zero-order valence-corrected chi connectivity index (χ0v) is 18.2. The fourth-order valence-corrected chi connectivity index (χ4v) is 4.54. The molecule has 0 aromatic heterocycles. The lowest BCUT2D eigenvalue weighted by atomic mass is 9.74. The SMILES string of the molecule is CC(CC1CN(c2ccc(C#CC3CC(CC#N)C3)cc2)C(=O)O1)(C(=O)O)S(C)(=O)=O. The predicted octanol–water partition coefficient (Wildman–Crippen LogP) is 2.58. The van der Waals surface area contributed by atoms with Crippen LogP contribution < -0.4 is 4.90 Å². The molecule has 1 aromatic carbocycles. The van der Waals surface area contributed by atoms with Gasteiger partial charge in [0.25, 0.3) is 0 Å². The number of carbonyl (C=O) groups excluding carboxylic acids is 1. The Kier molecular flexibility index (Phi) is 6.28. The van der Waals surface area contributed by atoms with Crippen molar-refractivity contribution < 1.29 is 27.9 Å². The minimum absolute atomic E-state index is 0.0601. The summed E-state index contributed by atoms with van der Waals surface area (Å²) in [6.07, 6.45) is 1.50. The van der Waals surface area contributed by atoms with Crippen LogP contribution in [0.25, 0.3) is 0 Å². The van der Waals surface area contributed by atoms with Crippen molar-refractivity contribution in [2.75, 3.05) is 17.7 Å². The largest absolute Gasteiger partial charge is 0.480 e. The highest BCUT2D eigenvalue weighted by molar-refractivity contribution is 7.92. The number of nitrogens with zero attached hydrogens (tertiary/aromatic N) is 2. The smallest absolute Gasteiger partial charge is 0.414 e. The number of anilines is 1. The maximum Gasteiger partial charge on any atom is 0.414 e. The van der Waals surface area contributed by atoms with Crippen LogP contribution in [0.3, 0.4) is 0 Å². The van der Waals surface area contributed by atoms with Crippen molar-refractivity contribution in [1.82, 2.24) is 0 Å². The average Bonchev–Trinajstić information content (AvgIpc) is 3.02. The summed E-state index contributed by atoms with van der Waals surface area (Å²) in [5, 5.41) is 18.1. The lowest BCUT2D eigenvalue weighted by molar-refractivity contribution is -0.140. The van der Waals surface area contributed by atoms with E-state index >= 15 is 0 Å². The number of benzene rings is 1. The number of sulfone groups is 1. The quantitative estimate of drug-likeness (QED) is 0.669. The first kappa shape index (κ1) is 22.6. The molecule has 2 aliphatic rings. The van der Waals surface area contributed by atoms with Crippen LogP contribution >= 0.6 is 0 Å². The highest BCUT2D eigenvalue weighted by Crippen LogP contribution is 2.35. The minimum Gasteiger partial charge on any atom is -0.480 e. The topological polar surface area (TPSA) is 125 Å². The lowest BCUT2D eigenvalue weighted by Gasteiger charge is -2.29. The summed E-state index contributed by atoms with van der Waals surface area (Å²) in [4.78, 5) is 25.2. The van der Waals surface area contributed by atoms with Crippen molar-refractivity contribution in [2.45, 2.75) is 43.5 Å². The molecular weight excluding hydrogens is 420 g/mol. The highest BCUT2D eigenvalue weighted by atomic mass is 32.2. The molecule has 0 bridgehead atoms. The van der Waals surface area contributed by atoms with E-state index in [1.54, 1.807) is 24.3 Å². The van der Waals surface area contributed by atoms with Crippen LogP contribution in [0.4, 0.5) is 10.5 Å². The van der Waals surface area contributed by atoms with E-state index in [4.69, 9.17) is 10.00 Å². The molecule has 3 rings (SSSR count). The van der Waals surface area contributed by atoms with E-state index in [-0.39, 0.29) is 13.0 Å². The van der Waals surface area contributed by atoms with Gasteiger partial charge in [0.1, 0.15) is 6.10 Å². The molecule has 8 nitrogen and oxygen atoms in total. The molecule has 1 aliphatic heterocycles. The first-order chi connectivity index (χ1) is 14.5. The first-order valence-corrected chi connectivity index (χ1v) is 11.8. The molecule has 1 aliphatic carbocycles. The third-order valence-electron chi connectivity index (χ3n) is 5.98. The third kappa shape index (κ3) is 4.83. The Morgan fingerprint density at radius 2 is 1.97 bits per heavy atom. The second-order valence-corrected chi connectivity index (χ2v) is 10.8. The number of carboxylic acid groups (broad SMARTS) is 1. The van der Waals surface area contributed by atoms with Crippen LogP contribution in [0, 0.1) is 35.0 Å². The Labute approximate surface area is 181 Å². The van der Waals surface area contributed by atoms with E-state index < -0.39 is 32.8 Å². The number of carboxylic acids is 1. The van der Waals surface area contributed by atoms with Crippen molar-refractivity contribution in [2.24, 2.45) is 11.8 Å². The molecule has 9 heteroatoms. The highest BCUT2D eigenvalue weighted by Gasteiger charge is 2.48. The van der Waals surface area contributed by atoms with Gasteiger partial charge >= 0.3 is 12.1 Å². The first-order valence-electron chi connectivity index (χ1n) is 9.93. The Bertz CT molecular complexity index is 1070. The molecule has 1 heterocycles. The van der Waals surface area contributed by atoms with Gasteiger partial charge in [0.2, 0.25) is 0 Å². The minimum atomic E-state index is -3.91. The summed E-state index contributed by atoms with van der Waals surface area (Å²) < 4.78 is 27.2. The van der Waals surface area contributed by atoms with Crippen LogP contribution in [-0.2, 0) is 19.4 Å². The summed E-state index contributed by atoms with van der Waals surface area (Å²) in [6, 6.07) is 9.19. The van der Waals surface area contributed by atoms with Gasteiger partial charge in [-0.1, -0.05) is 11.8 Å². The van der Waals surface area contributed by atoms with E-state index in [0.29, 0.717) is 23.9 Å². The molecule has 1 aromatic rings. The molecule has 1 N–H and O–H groups in total. The number of cyclic esters (lactones) is 1. The van der Waals surface area contributed by atoms with E-state index in [9.17, 15) is 23.1 Å². The molecule has 2 fully saturated rings. The second kappa shape index (κ2) is 8.60. The zero-order chi connectivity index (χ0) is 22.8. The summed E-state index contributed by atoms with van der Waals surface area (Å²) in [6.45, 7) is 1.18. The Morgan fingerprint density at radius 1 is 1.32 bits per heavy atom. The van der Waals surface area contributed by atoms with Crippen molar-refractivity contribution >= 4 is 27.6 Å². The maximum absolute atomic E-state index is 12.3. The average molecular weight is 445 g/mol. The van der Waals surface area contributed by atoms with Gasteiger partial charge in [0.05, 0.1) is 12.6 Å². The molecule has 2 unspecified atom stereocenters. The molecule has 0 spiro atoms. The maximum atomic E-state index is 12.3. The number of carbonyl (C=O) groups is 2. The zero-order valence-electron chi connectivity index (χ0n) is 17.4. The van der Waals surface area contributed by atoms with E-state index in [1.165, 1.54) is 4.90 Å². The summed E-state index contributed by atoms with van der Waals surface area (Å²) >= 11 is 0. The number of hydrogen-bond donors (Lipinski definition) is 1. The van der Waals surface area contributed by atoms with Gasteiger partial charge in [-0.25, -0.2) is 13.2 Å². The van der Waals surface area contributed by atoms with Crippen LogP contribution in [0.2, 0.25) is 0 Å². The normalized spacial score (nSPS) is 24.7. The van der Waals surface area contributed by atoms with Gasteiger partial charge in [-0.05, 0) is 49.9 Å². The number of ether oxygens (including phenoxy) is 1. The monoisotopic (exact) mass is 444 g/mol. The van der Waals surface area contributed by atoms with Gasteiger partial charge in [-0.3, -0.25) is 9.69 Å². The van der Waals surface area contributed by atoms with Gasteiger partial charge < -0.3 is 9.84 Å². The van der Waals surface area contributed by atoms with Gasteiger partial charge in [-0.15, -0.1) is 0 Å². The Balaban J connectivity index is 1.63. The summed E-state index contributed by atoms with van der Waals surface area (Å²) in [7, 11) is -3.91. The molecule has 1 saturated carbocycles. The second-order valence-electron chi connectivity index (χ2n) is 8.34. The molecule has 1 saturated heterocycles. The van der Waals surface area contributed by atoms with E-state index in [2.05, 4.69) is 17.9 Å². The summed E-state index contributed by atoms with van der Waals surface area (Å²) in [5.74, 6) is 5.60. The van der Waals surface area contributed by atoms with E-state index in [0.717, 1.165) is 31.6 Å². The van der Waals surface area contributed by atoms with Crippen LogP contribution in [-0.4, -0.2) is 49.2 Å². The third-order valence-corrected chi connectivity index (χ3v) is 7.96. The summed E-state index contributed by atoms with van der Waals surface area (Å²) in [5.41, 5.74) is 1.36. The Hall–Kier alpha value is -3.04. The molecule has 164 valence electrons. The molecule has 1 amide bonds. The number of nitriles is 1. The fraction of sp³-hybridized carbons (Fsp3) is 0.500. The van der Waals surface area contributed by atoms with Gasteiger partial charge in [0.15, 0.2) is 14.6 Å². The molecule has 2 atom stereocenters. The fourth-order valence-electron chi connectivity index (χ4n) is 3.73. The number of amides is 1. The lowest BCUT2D eigenvalue weighted by Crippen LogP contribution is -2.46. The van der Waals surface area contributed by atoms with Crippen molar-refractivity contribution in [3.05, 3.63) is 29.8 Å². The van der Waals surface area contributed by atoms with Crippen LogP contribution in [0.5, 0.6) is 0 Å². The van der Waals surface area contributed by atoms with Crippen LogP contribution in [0.15, 0.2) is 24.3 Å². The Morgan fingerprint density at radius 3 is 2.52 bits per heavy atom. The predicted molar refractivity (Wildman–Crippen MR) is 113 cm³/mol. The van der Waals surface area contributed by atoms with Crippen molar-refractivity contribution in [1.29, 1.82) is 5.26 Å². The van der Waals surface area contributed by atoms with Crippen molar-refractivity contribution in [3.8, 4) is 17.9 Å². The number of hydrogen-bond acceptors (Lipinski definition) is 6. The number of rotatable bonds is 6. The van der Waals surface area contributed by atoms with Gasteiger partial charge in [0, 0.05) is 36.3 Å². The van der Waals surface area contributed by atoms with Crippen LogP contribution in [0.1, 0.15) is 38.2 Å². The molecule has 31 heavy (non-hydrogen) atoms. The standard InChI is InChI=1S/C22H24N2O6S/c1-22(20(25)26,31(2,28)29)13-19-14-24(21(27)30-19)18-7-5-15(6-8-18)3-4-16-11-17(12-16)9-10-23/h5-8,16-17,19H,9,11-14H2,1-2H3,(H,25,26). The number of aliphatic carboxylic acids is 1. The van der Waals surface area contributed by atoms with Crippen molar-refractivity contribution in [3.63, 3.8) is 0 Å². The molecule has 0 radical (unpaired) electrons.